The fourth-order valence-corrected chi connectivity index (χ4v) is 4.98. The Morgan fingerprint density at radius 1 is 1.33 bits per heavy atom. The van der Waals surface area contributed by atoms with Crippen LogP contribution < -0.4 is 5.32 Å². The molecule has 2 amide bonds. The third-order valence-corrected chi connectivity index (χ3v) is 6.34. The molecule has 2 aliphatic rings. The molecule has 3 rings (SSSR count). The molecule has 0 saturated carbocycles. The van der Waals surface area contributed by atoms with Gasteiger partial charge in [-0.3, -0.25) is 9.59 Å². The second-order valence-electron chi connectivity index (χ2n) is 6.31. The summed E-state index contributed by atoms with van der Waals surface area (Å²) in [6.07, 6.45) is 0.497. The van der Waals surface area contributed by atoms with Gasteiger partial charge >= 0.3 is 0 Å². The van der Waals surface area contributed by atoms with Crippen molar-refractivity contribution in [3.05, 3.63) is 35.6 Å². The van der Waals surface area contributed by atoms with Crippen LogP contribution in [0.2, 0.25) is 0 Å². The van der Waals surface area contributed by atoms with E-state index in [1.54, 1.807) is 18.2 Å². The van der Waals surface area contributed by atoms with E-state index < -0.39 is 21.6 Å². The molecule has 1 aromatic carbocycles. The van der Waals surface area contributed by atoms with Crippen LogP contribution in [0, 0.1) is 11.7 Å². The summed E-state index contributed by atoms with van der Waals surface area (Å²) in [7, 11) is -3.08. The van der Waals surface area contributed by atoms with Gasteiger partial charge in [-0.2, -0.15) is 0 Å². The zero-order valence-corrected chi connectivity index (χ0v) is 13.9. The lowest BCUT2D eigenvalue weighted by Crippen LogP contribution is -2.39. The predicted molar refractivity (Wildman–Crippen MR) is 85.1 cm³/mol. The first-order valence-electron chi connectivity index (χ1n) is 7.87. The topological polar surface area (TPSA) is 83.6 Å². The average molecular weight is 354 g/mol. The van der Waals surface area contributed by atoms with Gasteiger partial charge < -0.3 is 10.2 Å². The molecule has 130 valence electrons. The summed E-state index contributed by atoms with van der Waals surface area (Å²) in [5.74, 6) is -1.35. The van der Waals surface area contributed by atoms with Gasteiger partial charge in [0.1, 0.15) is 5.82 Å². The van der Waals surface area contributed by atoms with Crippen molar-refractivity contribution in [3.63, 3.8) is 0 Å². The molecule has 0 spiro atoms. The Hall–Kier alpha value is -1.96. The number of amides is 2. The number of benzene rings is 1. The highest BCUT2D eigenvalue weighted by Gasteiger charge is 2.41. The summed E-state index contributed by atoms with van der Waals surface area (Å²) in [4.78, 5) is 25.9. The minimum Gasteiger partial charge on any atom is -0.352 e. The van der Waals surface area contributed by atoms with E-state index in [9.17, 15) is 22.4 Å². The van der Waals surface area contributed by atoms with Crippen LogP contribution >= 0.6 is 0 Å². The lowest BCUT2D eigenvalue weighted by atomic mass is 10.1. The van der Waals surface area contributed by atoms with Crippen molar-refractivity contribution in [2.75, 3.05) is 18.1 Å². The molecule has 2 saturated heterocycles. The van der Waals surface area contributed by atoms with E-state index in [1.807, 2.05) is 0 Å². The van der Waals surface area contributed by atoms with Gasteiger partial charge in [0.2, 0.25) is 11.8 Å². The first-order valence-corrected chi connectivity index (χ1v) is 9.69. The van der Waals surface area contributed by atoms with Crippen molar-refractivity contribution in [2.45, 2.75) is 25.4 Å². The molecule has 2 aliphatic heterocycles. The van der Waals surface area contributed by atoms with Gasteiger partial charge in [0.05, 0.1) is 17.4 Å². The molecule has 2 heterocycles. The van der Waals surface area contributed by atoms with E-state index in [1.165, 1.54) is 11.0 Å². The van der Waals surface area contributed by atoms with Crippen LogP contribution in [0.5, 0.6) is 0 Å². The molecule has 1 aromatic rings. The number of hydrogen-bond donors (Lipinski definition) is 1. The van der Waals surface area contributed by atoms with Crippen LogP contribution in [0.1, 0.15) is 18.4 Å². The second kappa shape index (κ2) is 6.51. The Kier molecular flexibility index (Phi) is 4.58. The summed E-state index contributed by atoms with van der Waals surface area (Å²) in [6.45, 7) is 0.288. The van der Waals surface area contributed by atoms with Crippen LogP contribution in [0.15, 0.2) is 24.3 Å². The number of carbonyl (C=O) groups is 2. The van der Waals surface area contributed by atoms with E-state index in [2.05, 4.69) is 5.32 Å². The number of nitrogens with one attached hydrogen (secondary N) is 1. The monoisotopic (exact) mass is 354 g/mol. The molecular formula is C16H19FN2O4S. The summed E-state index contributed by atoms with van der Waals surface area (Å²) in [6, 6.07) is 5.84. The number of likely N-dealkylation sites (tertiary alicyclic amines) is 1. The van der Waals surface area contributed by atoms with Crippen LogP contribution in [0.4, 0.5) is 4.39 Å². The van der Waals surface area contributed by atoms with Crippen molar-refractivity contribution >= 4 is 21.7 Å². The largest absolute Gasteiger partial charge is 0.352 e. The minimum atomic E-state index is -3.08. The van der Waals surface area contributed by atoms with E-state index in [0.29, 0.717) is 12.0 Å². The number of nitrogens with zero attached hydrogens (tertiary/aromatic N) is 1. The van der Waals surface area contributed by atoms with Crippen LogP contribution in [-0.2, 0) is 26.0 Å². The smallest absolute Gasteiger partial charge is 0.225 e. The molecule has 2 fully saturated rings. The SMILES string of the molecule is O=C(NCc1ccccc1F)C1CC(=O)N(C2CCS(=O)(=O)C2)C1. The first kappa shape index (κ1) is 16.9. The summed E-state index contributed by atoms with van der Waals surface area (Å²) < 4.78 is 36.7. The van der Waals surface area contributed by atoms with E-state index in [0.717, 1.165) is 0 Å². The first-order chi connectivity index (χ1) is 11.4. The second-order valence-corrected chi connectivity index (χ2v) is 8.54. The van der Waals surface area contributed by atoms with E-state index >= 15 is 0 Å². The maximum atomic E-state index is 13.5. The van der Waals surface area contributed by atoms with Crippen molar-refractivity contribution in [1.29, 1.82) is 0 Å². The van der Waals surface area contributed by atoms with Crippen LogP contribution in [0.25, 0.3) is 0 Å². The molecule has 0 aromatic heterocycles. The summed E-state index contributed by atoms with van der Waals surface area (Å²) in [5, 5.41) is 2.65. The van der Waals surface area contributed by atoms with Crippen LogP contribution in [0.3, 0.4) is 0 Å². The molecule has 0 aliphatic carbocycles. The number of sulfone groups is 1. The highest BCUT2D eigenvalue weighted by Crippen LogP contribution is 2.26. The van der Waals surface area contributed by atoms with Crippen molar-refractivity contribution in [3.8, 4) is 0 Å². The third kappa shape index (κ3) is 3.58. The molecule has 0 radical (unpaired) electrons. The quantitative estimate of drug-likeness (QED) is 0.852. The highest BCUT2D eigenvalue weighted by atomic mass is 32.2. The van der Waals surface area contributed by atoms with Crippen molar-refractivity contribution < 1.29 is 22.4 Å². The van der Waals surface area contributed by atoms with Gasteiger partial charge in [-0.05, 0) is 12.5 Å². The maximum absolute atomic E-state index is 13.5. The van der Waals surface area contributed by atoms with Crippen LogP contribution in [-0.4, -0.2) is 49.2 Å². The average Bonchev–Trinajstić information content (AvgIpc) is 3.08. The van der Waals surface area contributed by atoms with Gasteiger partial charge in [0.15, 0.2) is 9.84 Å². The summed E-state index contributed by atoms with van der Waals surface area (Å²) >= 11 is 0. The molecule has 0 bridgehead atoms. The lowest BCUT2D eigenvalue weighted by Gasteiger charge is -2.22. The van der Waals surface area contributed by atoms with Gasteiger partial charge in [-0.1, -0.05) is 18.2 Å². The fraction of sp³-hybridized carbons (Fsp3) is 0.500. The third-order valence-electron chi connectivity index (χ3n) is 4.59. The maximum Gasteiger partial charge on any atom is 0.225 e. The Morgan fingerprint density at radius 2 is 2.08 bits per heavy atom. The van der Waals surface area contributed by atoms with Gasteiger partial charge in [-0.15, -0.1) is 0 Å². The molecular weight excluding hydrogens is 335 g/mol. The molecule has 6 nitrogen and oxygen atoms in total. The van der Waals surface area contributed by atoms with E-state index in [-0.39, 0.29) is 48.9 Å². The zero-order valence-electron chi connectivity index (χ0n) is 13.1. The fourth-order valence-electron chi connectivity index (χ4n) is 3.25. The molecule has 2 unspecified atom stereocenters. The van der Waals surface area contributed by atoms with Crippen molar-refractivity contribution in [2.24, 2.45) is 5.92 Å². The Balaban J connectivity index is 1.57. The molecule has 2 atom stereocenters. The lowest BCUT2D eigenvalue weighted by molar-refractivity contribution is -0.130. The Bertz CT molecular complexity index is 765. The molecule has 24 heavy (non-hydrogen) atoms. The highest BCUT2D eigenvalue weighted by molar-refractivity contribution is 7.91. The number of halogens is 1. The van der Waals surface area contributed by atoms with Gasteiger partial charge in [-0.25, -0.2) is 12.8 Å². The predicted octanol–water partition coefficient (Wildman–Crippen LogP) is 0.477. The minimum absolute atomic E-state index is 0.0255. The standard InChI is InChI=1S/C16H19FN2O4S/c17-14-4-2-1-3-11(14)8-18-16(21)12-7-15(20)19(9-12)13-5-6-24(22,23)10-13/h1-4,12-13H,5-10H2,(H,18,21). The van der Waals surface area contributed by atoms with Crippen molar-refractivity contribution in [1.82, 2.24) is 10.2 Å². The number of hydrogen-bond acceptors (Lipinski definition) is 4. The zero-order chi connectivity index (χ0) is 17.3. The Morgan fingerprint density at radius 3 is 2.75 bits per heavy atom. The molecule has 1 N–H and O–H groups in total. The normalized spacial score (nSPS) is 25.9. The summed E-state index contributed by atoms with van der Waals surface area (Å²) in [5.41, 5.74) is 0.383. The molecule has 8 heteroatoms. The van der Waals surface area contributed by atoms with Gasteiger partial charge in [0.25, 0.3) is 0 Å². The van der Waals surface area contributed by atoms with Gasteiger partial charge in [0, 0.05) is 31.1 Å². The number of rotatable bonds is 4. The Labute approximate surface area is 139 Å². The number of carbonyl (C=O) groups excluding carboxylic acids is 2. The van der Waals surface area contributed by atoms with E-state index in [4.69, 9.17) is 0 Å².